The highest BCUT2D eigenvalue weighted by atomic mass is 16.3. The maximum Gasteiger partial charge on any atom is 0.0935 e. The Morgan fingerprint density at radius 1 is 1.18 bits per heavy atom. The number of hydrogen-bond donors (Lipinski definition) is 1. The molecule has 2 N–H and O–H groups in total. The molecule has 0 radical (unpaired) electrons. The molecule has 0 amide bonds. The lowest BCUT2D eigenvalue weighted by Crippen LogP contribution is -2.14. The minimum Gasteiger partial charge on any atom is -0.472 e. The Morgan fingerprint density at radius 3 is 2.41 bits per heavy atom. The van der Waals surface area contributed by atoms with Gasteiger partial charge in [-0.15, -0.1) is 0 Å². The van der Waals surface area contributed by atoms with E-state index in [1.807, 2.05) is 20.2 Å². The van der Waals surface area contributed by atoms with E-state index in [2.05, 4.69) is 29.2 Å². The Kier molecular flexibility index (Phi) is 3.49. The zero-order valence-corrected chi connectivity index (χ0v) is 10.3. The minimum atomic E-state index is 0.0174. The highest BCUT2D eigenvalue weighted by molar-refractivity contribution is 5.46. The van der Waals surface area contributed by atoms with Crippen molar-refractivity contribution in [3.05, 3.63) is 54.0 Å². The molecule has 1 unspecified atom stereocenters. The molecule has 0 saturated heterocycles. The molecule has 0 fully saturated rings. The molecule has 3 heteroatoms. The van der Waals surface area contributed by atoms with Crippen LogP contribution in [0.5, 0.6) is 0 Å². The molecule has 90 valence electrons. The van der Waals surface area contributed by atoms with Gasteiger partial charge in [0, 0.05) is 25.8 Å². The van der Waals surface area contributed by atoms with Gasteiger partial charge in [0.05, 0.1) is 12.5 Å². The van der Waals surface area contributed by atoms with Gasteiger partial charge < -0.3 is 15.1 Å². The molecule has 17 heavy (non-hydrogen) atoms. The van der Waals surface area contributed by atoms with Crippen molar-refractivity contribution in [2.24, 2.45) is 5.73 Å². The summed E-state index contributed by atoms with van der Waals surface area (Å²) in [4.78, 5) is 2.07. The number of rotatable bonds is 4. The smallest absolute Gasteiger partial charge is 0.0935 e. The van der Waals surface area contributed by atoms with E-state index in [-0.39, 0.29) is 6.04 Å². The first-order valence-electron chi connectivity index (χ1n) is 5.71. The van der Waals surface area contributed by atoms with Gasteiger partial charge in [0.1, 0.15) is 0 Å². The maximum atomic E-state index is 6.16. The van der Waals surface area contributed by atoms with Crippen molar-refractivity contribution >= 4 is 5.69 Å². The minimum absolute atomic E-state index is 0.0174. The third-order valence-electron chi connectivity index (χ3n) is 2.87. The van der Waals surface area contributed by atoms with Gasteiger partial charge >= 0.3 is 0 Å². The quantitative estimate of drug-likeness (QED) is 0.877. The standard InChI is InChI=1S/C14H18N2O/c1-16(2)13-5-3-12(4-6-13)14(15)9-11-7-8-17-10-11/h3-8,10,14H,9,15H2,1-2H3. The summed E-state index contributed by atoms with van der Waals surface area (Å²) >= 11 is 0. The fourth-order valence-electron chi connectivity index (χ4n) is 1.80. The zero-order valence-electron chi connectivity index (χ0n) is 10.3. The lowest BCUT2D eigenvalue weighted by molar-refractivity contribution is 0.561. The Bertz CT molecular complexity index is 446. The lowest BCUT2D eigenvalue weighted by Gasteiger charge is -2.15. The van der Waals surface area contributed by atoms with Crippen LogP contribution in [-0.4, -0.2) is 14.1 Å². The summed E-state index contributed by atoms with van der Waals surface area (Å²) in [6.07, 6.45) is 4.23. The predicted octanol–water partition coefficient (Wildman–Crippen LogP) is 2.59. The van der Waals surface area contributed by atoms with Crippen LogP contribution in [0.15, 0.2) is 47.3 Å². The van der Waals surface area contributed by atoms with Crippen LogP contribution in [0.2, 0.25) is 0 Å². The molecule has 0 spiro atoms. The highest BCUT2D eigenvalue weighted by Gasteiger charge is 2.08. The summed E-state index contributed by atoms with van der Waals surface area (Å²) in [5.41, 5.74) is 9.62. The third-order valence-corrected chi connectivity index (χ3v) is 2.87. The summed E-state index contributed by atoms with van der Waals surface area (Å²) in [5, 5.41) is 0. The molecular weight excluding hydrogens is 212 g/mol. The van der Waals surface area contributed by atoms with Crippen LogP contribution in [-0.2, 0) is 6.42 Å². The van der Waals surface area contributed by atoms with Crippen LogP contribution < -0.4 is 10.6 Å². The fraction of sp³-hybridized carbons (Fsp3) is 0.286. The van der Waals surface area contributed by atoms with Crippen LogP contribution >= 0.6 is 0 Å². The van der Waals surface area contributed by atoms with Crippen LogP contribution in [0.25, 0.3) is 0 Å². The monoisotopic (exact) mass is 230 g/mol. The van der Waals surface area contributed by atoms with Gasteiger partial charge in [0.25, 0.3) is 0 Å². The van der Waals surface area contributed by atoms with E-state index in [1.165, 1.54) is 5.69 Å². The topological polar surface area (TPSA) is 42.4 Å². The molecule has 0 bridgehead atoms. The normalized spacial score (nSPS) is 12.4. The number of anilines is 1. The number of nitrogens with two attached hydrogens (primary N) is 1. The van der Waals surface area contributed by atoms with Crippen LogP contribution in [0.4, 0.5) is 5.69 Å². The van der Waals surface area contributed by atoms with Crippen molar-refractivity contribution < 1.29 is 4.42 Å². The second-order valence-corrected chi connectivity index (χ2v) is 4.43. The molecule has 0 aliphatic heterocycles. The molecule has 1 aromatic carbocycles. The van der Waals surface area contributed by atoms with Gasteiger partial charge in [0.15, 0.2) is 0 Å². The first-order chi connectivity index (χ1) is 8.16. The van der Waals surface area contributed by atoms with Gasteiger partial charge in [-0.3, -0.25) is 0 Å². The van der Waals surface area contributed by atoms with Crippen molar-refractivity contribution in [2.45, 2.75) is 12.5 Å². The average molecular weight is 230 g/mol. The van der Waals surface area contributed by atoms with E-state index in [0.29, 0.717) is 0 Å². The van der Waals surface area contributed by atoms with Crippen LogP contribution in [0.1, 0.15) is 17.2 Å². The number of nitrogens with zero attached hydrogens (tertiary/aromatic N) is 1. The summed E-state index contributed by atoms with van der Waals surface area (Å²) in [6, 6.07) is 10.3. The highest BCUT2D eigenvalue weighted by Crippen LogP contribution is 2.19. The third kappa shape index (κ3) is 2.88. The second kappa shape index (κ2) is 5.06. The van der Waals surface area contributed by atoms with Crippen molar-refractivity contribution in [3.8, 4) is 0 Å². The number of furan rings is 1. The van der Waals surface area contributed by atoms with E-state index in [4.69, 9.17) is 10.2 Å². The lowest BCUT2D eigenvalue weighted by atomic mass is 10.0. The van der Waals surface area contributed by atoms with Gasteiger partial charge in [-0.05, 0) is 35.7 Å². The van der Waals surface area contributed by atoms with E-state index < -0.39 is 0 Å². The fourth-order valence-corrected chi connectivity index (χ4v) is 1.80. The number of benzene rings is 1. The van der Waals surface area contributed by atoms with Gasteiger partial charge in [-0.25, -0.2) is 0 Å². The van der Waals surface area contributed by atoms with Gasteiger partial charge in [-0.2, -0.15) is 0 Å². The summed E-state index contributed by atoms with van der Waals surface area (Å²) in [7, 11) is 4.06. The molecule has 0 saturated carbocycles. The Labute approximate surface area is 102 Å². The molecule has 1 atom stereocenters. The molecule has 2 rings (SSSR count). The molecule has 2 aromatic rings. The summed E-state index contributed by atoms with van der Waals surface area (Å²) in [5.74, 6) is 0. The molecule has 3 nitrogen and oxygen atoms in total. The first-order valence-corrected chi connectivity index (χ1v) is 5.71. The molecule has 0 aliphatic carbocycles. The van der Waals surface area contributed by atoms with Crippen molar-refractivity contribution in [1.82, 2.24) is 0 Å². The Morgan fingerprint density at radius 2 is 1.88 bits per heavy atom. The van der Waals surface area contributed by atoms with Crippen molar-refractivity contribution in [1.29, 1.82) is 0 Å². The first kappa shape index (κ1) is 11.7. The molecule has 1 heterocycles. The van der Waals surface area contributed by atoms with Gasteiger partial charge in [0.2, 0.25) is 0 Å². The average Bonchev–Trinajstić information content (AvgIpc) is 2.82. The summed E-state index contributed by atoms with van der Waals surface area (Å²) in [6.45, 7) is 0. The predicted molar refractivity (Wildman–Crippen MR) is 70.1 cm³/mol. The number of hydrogen-bond acceptors (Lipinski definition) is 3. The van der Waals surface area contributed by atoms with Crippen LogP contribution in [0, 0.1) is 0 Å². The van der Waals surface area contributed by atoms with Crippen LogP contribution in [0.3, 0.4) is 0 Å². The zero-order chi connectivity index (χ0) is 12.3. The largest absolute Gasteiger partial charge is 0.472 e. The van der Waals surface area contributed by atoms with E-state index >= 15 is 0 Å². The van der Waals surface area contributed by atoms with Crippen molar-refractivity contribution in [2.75, 3.05) is 19.0 Å². The van der Waals surface area contributed by atoms with Crippen molar-refractivity contribution in [3.63, 3.8) is 0 Å². The molecule has 1 aromatic heterocycles. The van der Waals surface area contributed by atoms with Gasteiger partial charge in [-0.1, -0.05) is 12.1 Å². The maximum absolute atomic E-state index is 6.16. The van der Waals surface area contributed by atoms with E-state index in [1.54, 1.807) is 12.5 Å². The Balaban J connectivity index is 2.06. The van der Waals surface area contributed by atoms with E-state index in [9.17, 15) is 0 Å². The second-order valence-electron chi connectivity index (χ2n) is 4.43. The summed E-state index contributed by atoms with van der Waals surface area (Å²) < 4.78 is 5.04. The SMILES string of the molecule is CN(C)c1ccc(C(N)Cc2ccoc2)cc1. The molecule has 0 aliphatic rings. The Hall–Kier alpha value is -1.74. The van der Waals surface area contributed by atoms with E-state index in [0.717, 1.165) is 17.5 Å². The molecular formula is C14H18N2O.